The zero-order valence-corrected chi connectivity index (χ0v) is 9.06. The van der Waals surface area contributed by atoms with Crippen LogP contribution >= 0.6 is 0 Å². The molecule has 0 saturated carbocycles. The van der Waals surface area contributed by atoms with Crippen LogP contribution < -0.4 is 0 Å². The van der Waals surface area contributed by atoms with E-state index in [0.29, 0.717) is 0 Å². The summed E-state index contributed by atoms with van der Waals surface area (Å²) < 4.78 is 0. The minimum absolute atomic E-state index is 0.257. The summed E-state index contributed by atoms with van der Waals surface area (Å²) in [7, 11) is 0. The van der Waals surface area contributed by atoms with Crippen molar-refractivity contribution in [3.8, 4) is 0 Å². The molecule has 1 aliphatic carbocycles. The van der Waals surface area contributed by atoms with Gasteiger partial charge in [0.2, 0.25) is 5.78 Å². The Kier molecular flexibility index (Phi) is 3.00. The number of hydroxylamine groups is 2. The molecule has 0 aromatic rings. The second-order valence-corrected chi connectivity index (χ2v) is 4.34. The van der Waals surface area contributed by atoms with Gasteiger partial charge in [0.1, 0.15) is 0 Å². The van der Waals surface area contributed by atoms with Crippen molar-refractivity contribution in [3.63, 3.8) is 0 Å². The zero-order valence-electron chi connectivity index (χ0n) is 9.06. The maximum Gasteiger partial charge on any atom is 0.228 e. The maximum absolute atomic E-state index is 11.4. The molecule has 4 heteroatoms. The summed E-state index contributed by atoms with van der Waals surface area (Å²) in [5.41, 5.74) is -0.231. The van der Waals surface area contributed by atoms with Crippen LogP contribution in [0.3, 0.4) is 0 Å². The van der Waals surface area contributed by atoms with E-state index in [2.05, 4.69) is 0 Å². The number of hydrogen-bond acceptors (Lipinski definition) is 4. The van der Waals surface area contributed by atoms with E-state index in [-0.39, 0.29) is 11.3 Å². The first kappa shape index (κ1) is 11.5. The highest BCUT2D eigenvalue weighted by Crippen LogP contribution is 2.16. The zero-order chi connectivity index (χ0) is 11.6. The average Bonchev–Trinajstić information content (AvgIpc) is 2.11. The molecule has 4 nitrogen and oxygen atoms in total. The first-order chi connectivity index (χ1) is 6.82. The second kappa shape index (κ2) is 3.90. The van der Waals surface area contributed by atoms with E-state index in [1.54, 1.807) is 26.8 Å². The quantitative estimate of drug-likeness (QED) is 0.511. The lowest BCUT2D eigenvalue weighted by Crippen LogP contribution is -2.35. The Labute approximate surface area is 88.8 Å². The van der Waals surface area contributed by atoms with Crippen LogP contribution in [0.2, 0.25) is 0 Å². The minimum Gasteiger partial charge on any atom is -0.504 e. The molecule has 0 radical (unpaired) electrons. The van der Waals surface area contributed by atoms with Crippen molar-refractivity contribution in [1.29, 1.82) is 0 Å². The summed E-state index contributed by atoms with van der Waals surface area (Å²) in [5.74, 6) is -0.799. The molecule has 0 bridgehead atoms. The molecule has 82 valence electrons. The van der Waals surface area contributed by atoms with Gasteiger partial charge in [-0.15, -0.1) is 0 Å². The van der Waals surface area contributed by atoms with Crippen molar-refractivity contribution >= 4 is 5.78 Å². The van der Waals surface area contributed by atoms with Crippen molar-refractivity contribution < 1.29 is 15.1 Å². The third-order valence-electron chi connectivity index (χ3n) is 1.97. The Morgan fingerprint density at radius 1 is 1.40 bits per heavy atom. The van der Waals surface area contributed by atoms with Crippen molar-refractivity contribution in [3.05, 3.63) is 35.8 Å². The predicted octanol–water partition coefficient (Wildman–Crippen LogP) is 1.94. The molecule has 0 aromatic heterocycles. The minimum atomic E-state index is -0.488. The molecule has 0 aromatic carbocycles. The Hall–Kier alpha value is -1.55. The van der Waals surface area contributed by atoms with Crippen LogP contribution in [0.5, 0.6) is 0 Å². The number of allylic oxidation sites excluding steroid dienone is 4. The molecule has 15 heavy (non-hydrogen) atoms. The van der Waals surface area contributed by atoms with Crippen LogP contribution in [0.4, 0.5) is 0 Å². The summed E-state index contributed by atoms with van der Waals surface area (Å²) in [6.07, 6.45) is 5.72. The van der Waals surface area contributed by atoms with E-state index in [1.165, 1.54) is 18.4 Å². The SMILES string of the molecule is CC(C)(C)N(O)C=C1C=CC=C(O)C1=O. The largest absolute Gasteiger partial charge is 0.504 e. The van der Waals surface area contributed by atoms with Crippen molar-refractivity contribution in [2.45, 2.75) is 26.3 Å². The Bertz CT molecular complexity index is 359. The highest BCUT2D eigenvalue weighted by Gasteiger charge is 2.20. The standard InChI is InChI=1S/C11H15NO3/c1-11(2,3)12(15)7-8-5-4-6-9(13)10(8)14/h4-7,13,15H,1-3H3. The van der Waals surface area contributed by atoms with Crippen LogP contribution in [0.1, 0.15) is 20.8 Å². The first-order valence-electron chi connectivity index (χ1n) is 4.64. The number of carbonyl (C=O) groups is 1. The maximum atomic E-state index is 11.4. The Morgan fingerprint density at radius 3 is 2.53 bits per heavy atom. The van der Waals surface area contributed by atoms with Crippen LogP contribution in [0.25, 0.3) is 0 Å². The fourth-order valence-electron chi connectivity index (χ4n) is 0.969. The lowest BCUT2D eigenvalue weighted by molar-refractivity contribution is -0.118. The van der Waals surface area contributed by atoms with Crippen molar-refractivity contribution in [2.24, 2.45) is 0 Å². The highest BCUT2D eigenvalue weighted by atomic mass is 16.5. The molecule has 0 fully saturated rings. The molecule has 0 atom stereocenters. The van der Waals surface area contributed by atoms with Gasteiger partial charge in [0.25, 0.3) is 0 Å². The molecular formula is C11H15NO3. The molecule has 0 aliphatic heterocycles. The summed E-state index contributed by atoms with van der Waals surface area (Å²) in [4.78, 5) is 11.4. The van der Waals surface area contributed by atoms with Crippen LogP contribution in [-0.2, 0) is 4.79 Å². The average molecular weight is 209 g/mol. The lowest BCUT2D eigenvalue weighted by atomic mass is 10.0. The number of ketones is 1. The topological polar surface area (TPSA) is 60.8 Å². The fraction of sp³-hybridized carbons (Fsp3) is 0.364. The number of rotatable bonds is 1. The van der Waals surface area contributed by atoms with E-state index in [1.807, 2.05) is 0 Å². The van der Waals surface area contributed by atoms with Crippen LogP contribution in [0, 0.1) is 0 Å². The number of aliphatic hydroxyl groups is 1. The van der Waals surface area contributed by atoms with Gasteiger partial charge >= 0.3 is 0 Å². The third-order valence-corrected chi connectivity index (χ3v) is 1.97. The van der Waals surface area contributed by atoms with Crippen LogP contribution in [0.15, 0.2) is 35.8 Å². The summed E-state index contributed by atoms with van der Waals surface area (Å²) >= 11 is 0. The molecule has 1 rings (SSSR count). The predicted molar refractivity (Wildman–Crippen MR) is 56.3 cm³/mol. The lowest BCUT2D eigenvalue weighted by Gasteiger charge is -2.28. The number of nitrogens with zero attached hydrogens (tertiary/aromatic N) is 1. The smallest absolute Gasteiger partial charge is 0.228 e. The summed E-state index contributed by atoms with van der Waals surface area (Å²) in [6, 6.07) is 0. The summed E-state index contributed by atoms with van der Waals surface area (Å²) in [5, 5.41) is 19.7. The number of hydrogen-bond donors (Lipinski definition) is 2. The molecule has 0 heterocycles. The highest BCUT2D eigenvalue weighted by molar-refractivity contribution is 6.09. The van der Waals surface area contributed by atoms with E-state index >= 15 is 0 Å². The Balaban J connectivity index is 2.91. The molecule has 1 aliphatic rings. The van der Waals surface area contributed by atoms with Gasteiger partial charge < -0.3 is 5.11 Å². The van der Waals surface area contributed by atoms with Gasteiger partial charge in [0, 0.05) is 11.8 Å². The van der Waals surface area contributed by atoms with Gasteiger partial charge in [0.15, 0.2) is 5.76 Å². The second-order valence-electron chi connectivity index (χ2n) is 4.34. The number of carbonyl (C=O) groups excluding carboxylic acids is 1. The monoisotopic (exact) mass is 209 g/mol. The van der Waals surface area contributed by atoms with E-state index in [0.717, 1.165) is 5.06 Å². The van der Waals surface area contributed by atoms with Crippen molar-refractivity contribution in [2.75, 3.05) is 0 Å². The molecule has 2 N–H and O–H groups in total. The van der Waals surface area contributed by atoms with Gasteiger partial charge in [0.05, 0.1) is 5.54 Å². The van der Waals surface area contributed by atoms with Gasteiger partial charge in [-0.2, -0.15) is 0 Å². The van der Waals surface area contributed by atoms with Gasteiger partial charge in [-0.25, -0.2) is 0 Å². The molecule has 0 unspecified atom stereocenters. The Morgan fingerprint density at radius 2 is 2.00 bits per heavy atom. The van der Waals surface area contributed by atoms with Crippen LogP contribution in [-0.4, -0.2) is 26.7 Å². The fourth-order valence-corrected chi connectivity index (χ4v) is 0.969. The normalized spacial score (nSPS) is 19.3. The van der Waals surface area contributed by atoms with Crippen molar-refractivity contribution in [1.82, 2.24) is 5.06 Å². The number of Topliss-reactive ketones (excluding diaryl/α,β-unsaturated/α-hetero) is 1. The molecule has 0 amide bonds. The van der Waals surface area contributed by atoms with E-state index in [4.69, 9.17) is 0 Å². The van der Waals surface area contributed by atoms with E-state index in [9.17, 15) is 15.1 Å². The summed E-state index contributed by atoms with van der Waals surface area (Å²) in [6.45, 7) is 5.41. The van der Waals surface area contributed by atoms with E-state index < -0.39 is 11.3 Å². The molecular weight excluding hydrogens is 194 g/mol. The van der Waals surface area contributed by atoms with Gasteiger partial charge in [-0.1, -0.05) is 6.08 Å². The number of aliphatic hydroxyl groups excluding tert-OH is 1. The molecule has 0 spiro atoms. The first-order valence-corrected chi connectivity index (χ1v) is 4.64. The molecule has 0 saturated heterocycles. The van der Waals surface area contributed by atoms with Gasteiger partial charge in [-0.3, -0.25) is 15.1 Å². The van der Waals surface area contributed by atoms with Gasteiger partial charge in [-0.05, 0) is 32.9 Å². The third kappa shape index (κ3) is 2.70.